The number of piperazine rings is 1. The van der Waals surface area contributed by atoms with Gasteiger partial charge in [-0.2, -0.15) is 0 Å². The van der Waals surface area contributed by atoms with E-state index in [1.807, 2.05) is 4.90 Å². The van der Waals surface area contributed by atoms with Crippen molar-refractivity contribution in [1.82, 2.24) is 9.80 Å². The lowest BCUT2D eigenvalue weighted by atomic mass is 9.72. The summed E-state index contributed by atoms with van der Waals surface area (Å²) in [4.78, 5) is 32.1. The van der Waals surface area contributed by atoms with Gasteiger partial charge in [0.2, 0.25) is 0 Å². The van der Waals surface area contributed by atoms with Crippen molar-refractivity contribution in [3.8, 4) is 0 Å². The summed E-state index contributed by atoms with van der Waals surface area (Å²) in [5, 5.41) is 4.34. The zero-order valence-electron chi connectivity index (χ0n) is 19.3. The standard InChI is InChI=1S/C25H32ClN3O2S/c1-25(2,3)17-7-10-19-20(15-17)32-23(27-22(30)16-5-8-18(26)9-6-16)21(19)24(31)29-13-11-28(4)12-14-29/h5-6,8-9,17H,7,10-15H2,1-4H3,(H,27,30). The van der Waals surface area contributed by atoms with Gasteiger partial charge < -0.3 is 15.1 Å². The maximum Gasteiger partial charge on any atom is 0.257 e. The first-order chi connectivity index (χ1) is 15.1. The zero-order valence-corrected chi connectivity index (χ0v) is 20.9. The number of hydrogen-bond donors (Lipinski definition) is 1. The number of carbonyl (C=O) groups is 2. The van der Waals surface area contributed by atoms with Crippen LogP contribution in [0.25, 0.3) is 0 Å². The van der Waals surface area contributed by atoms with Crippen molar-refractivity contribution in [2.45, 2.75) is 40.0 Å². The molecule has 1 fully saturated rings. The third kappa shape index (κ3) is 4.87. The number of nitrogens with one attached hydrogen (secondary N) is 1. The minimum absolute atomic E-state index is 0.0521. The van der Waals surface area contributed by atoms with E-state index in [1.165, 1.54) is 4.88 Å². The first kappa shape index (κ1) is 23.3. The Bertz CT molecular complexity index is 1000. The summed E-state index contributed by atoms with van der Waals surface area (Å²) < 4.78 is 0. The molecule has 1 unspecified atom stereocenters. The number of rotatable bonds is 3. The highest BCUT2D eigenvalue weighted by Crippen LogP contribution is 2.44. The van der Waals surface area contributed by atoms with E-state index in [1.54, 1.807) is 35.6 Å². The summed E-state index contributed by atoms with van der Waals surface area (Å²) in [5.41, 5.74) is 2.61. The summed E-state index contributed by atoms with van der Waals surface area (Å²) in [7, 11) is 2.08. The molecule has 1 atom stereocenters. The van der Waals surface area contributed by atoms with E-state index in [-0.39, 0.29) is 17.2 Å². The zero-order chi connectivity index (χ0) is 23.0. The topological polar surface area (TPSA) is 52.6 Å². The molecule has 7 heteroatoms. The van der Waals surface area contributed by atoms with Crippen LogP contribution in [0.2, 0.25) is 5.02 Å². The van der Waals surface area contributed by atoms with Crippen molar-refractivity contribution in [2.24, 2.45) is 11.3 Å². The Morgan fingerprint density at radius 1 is 1.09 bits per heavy atom. The molecule has 0 spiro atoms. The van der Waals surface area contributed by atoms with Gasteiger partial charge in [0.05, 0.1) is 5.56 Å². The molecule has 1 aromatic heterocycles. The number of carbonyl (C=O) groups excluding carboxylic acids is 2. The lowest BCUT2D eigenvalue weighted by molar-refractivity contribution is 0.0664. The fourth-order valence-electron chi connectivity index (χ4n) is 4.58. The Morgan fingerprint density at radius 3 is 2.38 bits per heavy atom. The molecular formula is C25H32ClN3O2S. The monoisotopic (exact) mass is 473 g/mol. The maximum atomic E-state index is 13.6. The van der Waals surface area contributed by atoms with Crippen LogP contribution in [0.3, 0.4) is 0 Å². The molecule has 4 rings (SSSR count). The molecule has 2 amide bonds. The Balaban J connectivity index is 1.66. The summed E-state index contributed by atoms with van der Waals surface area (Å²) in [5.74, 6) is 0.413. The molecule has 5 nitrogen and oxygen atoms in total. The minimum Gasteiger partial charge on any atom is -0.336 e. The van der Waals surface area contributed by atoms with E-state index >= 15 is 0 Å². The lowest BCUT2D eigenvalue weighted by Crippen LogP contribution is -2.47. The smallest absolute Gasteiger partial charge is 0.257 e. The average Bonchev–Trinajstić information content (AvgIpc) is 3.10. The summed E-state index contributed by atoms with van der Waals surface area (Å²) >= 11 is 7.56. The van der Waals surface area contributed by atoms with Crippen LogP contribution in [0, 0.1) is 11.3 Å². The van der Waals surface area contributed by atoms with Crippen LogP contribution in [-0.2, 0) is 12.8 Å². The fourth-order valence-corrected chi connectivity index (χ4v) is 6.02. The predicted octanol–water partition coefficient (Wildman–Crippen LogP) is 5.19. The van der Waals surface area contributed by atoms with E-state index in [0.717, 1.165) is 51.0 Å². The Morgan fingerprint density at radius 2 is 1.75 bits per heavy atom. The molecular weight excluding hydrogens is 442 g/mol. The Labute approximate surface area is 199 Å². The van der Waals surface area contributed by atoms with Crippen molar-refractivity contribution < 1.29 is 9.59 Å². The van der Waals surface area contributed by atoms with Gasteiger partial charge in [-0.05, 0) is 67.5 Å². The number of hydrogen-bond acceptors (Lipinski definition) is 4. The van der Waals surface area contributed by atoms with E-state index in [9.17, 15) is 9.59 Å². The third-order valence-electron chi connectivity index (χ3n) is 6.83. The SMILES string of the molecule is CN1CCN(C(=O)c2c(NC(=O)c3ccc(Cl)cc3)sc3c2CCC(C(C)(C)C)C3)CC1. The van der Waals surface area contributed by atoms with Crippen LogP contribution in [0.5, 0.6) is 0 Å². The number of fused-ring (bicyclic) bond motifs is 1. The van der Waals surface area contributed by atoms with E-state index < -0.39 is 0 Å². The second kappa shape index (κ2) is 9.16. The average molecular weight is 474 g/mol. The number of anilines is 1. The van der Waals surface area contributed by atoms with Gasteiger partial charge in [-0.1, -0.05) is 32.4 Å². The highest BCUT2D eigenvalue weighted by atomic mass is 35.5. The van der Waals surface area contributed by atoms with Gasteiger partial charge >= 0.3 is 0 Å². The first-order valence-corrected chi connectivity index (χ1v) is 12.5. The summed E-state index contributed by atoms with van der Waals surface area (Å²) in [6.45, 7) is 10.0. The molecule has 0 bridgehead atoms. The normalized spacial score (nSPS) is 19.5. The molecule has 1 N–H and O–H groups in total. The molecule has 1 aliphatic heterocycles. The minimum atomic E-state index is -0.208. The second-order valence-electron chi connectivity index (χ2n) is 10.1. The van der Waals surface area contributed by atoms with Gasteiger partial charge in [0, 0.05) is 41.6 Å². The van der Waals surface area contributed by atoms with Crippen LogP contribution >= 0.6 is 22.9 Å². The van der Waals surface area contributed by atoms with Gasteiger partial charge in [-0.15, -0.1) is 11.3 Å². The number of amides is 2. The van der Waals surface area contributed by atoms with Gasteiger partial charge in [0.15, 0.2) is 0 Å². The number of benzene rings is 1. The molecule has 1 saturated heterocycles. The van der Waals surface area contributed by atoms with Gasteiger partial charge in [0.25, 0.3) is 11.8 Å². The summed E-state index contributed by atoms with van der Waals surface area (Å²) in [6.07, 6.45) is 2.92. The van der Waals surface area contributed by atoms with Gasteiger partial charge in [0.1, 0.15) is 5.00 Å². The number of halogens is 1. The van der Waals surface area contributed by atoms with E-state index in [2.05, 4.69) is 38.0 Å². The first-order valence-electron chi connectivity index (χ1n) is 11.3. The molecule has 0 saturated carbocycles. The Kier molecular flexibility index (Phi) is 6.66. The highest BCUT2D eigenvalue weighted by Gasteiger charge is 2.35. The van der Waals surface area contributed by atoms with Crippen LogP contribution in [0.15, 0.2) is 24.3 Å². The van der Waals surface area contributed by atoms with E-state index in [0.29, 0.717) is 27.1 Å². The number of thiophene rings is 1. The lowest BCUT2D eigenvalue weighted by Gasteiger charge is -2.35. The van der Waals surface area contributed by atoms with Crippen molar-refractivity contribution in [3.63, 3.8) is 0 Å². The summed E-state index contributed by atoms with van der Waals surface area (Å²) in [6, 6.07) is 6.84. The van der Waals surface area contributed by atoms with Gasteiger partial charge in [-0.25, -0.2) is 0 Å². The van der Waals surface area contributed by atoms with Gasteiger partial charge in [-0.3, -0.25) is 9.59 Å². The maximum absolute atomic E-state index is 13.6. The third-order valence-corrected chi connectivity index (χ3v) is 8.25. The largest absolute Gasteiger partial charge is 0.336 e. The van der Waals surface area contributed by atoms with Crippen LogP contribution in [-0.4, -0.2) is 54.8 Å². The molecule has 1 aromatic carbocycles. The molecule has 1 aliphatic carbocycles. The molecule has 2 aliphatic rings. The van der Waals surface area contributed by atoms with Crippen molar-refractivity contribution in [2.75, 3.05) is 38.5 Å². The quantitative estimate of drug-likeness (QED) is 0.667. The van der Waals surface area contributed by atoms with Crippen molar-refractivity contribution >= 4 is 39.8 Å². The predicted molar refractivity (Wildman–Crippen MR) is 132 cm³/mol. The molecule has 172 valence electrons. The number of likely N-dealkylation sites (N-methyl/N-ethyl adjacent to an activating group) is 1. The van der Waals surface area contributed by atoms with Crippen molar-refractivity contribution in [1.29, 1.82) is 0 Å². The van der Waals surface area contributed by atoms with Crippen LogP contribution in [0.4, 0.5) is 5.00 Å². The number of nitrogens with zero attached hydrogens (tertiary/aromatic N) is 2. The fraction of sp³-hybridized carbons (Fsp3) is 0.520. The molecule has 32 heavy (non-hydrogen) atoms. The van der Waals surface area contributed by atoms with Crippen LogP contribution < -0.4 is 5.32 Å². The highest BCUT2D eigenvalue weighted by molar-refractivity contribution is 7.17. The second-order valence-corrected chi connectivity index (χ2v) is 11.6. The molecule has 0 radical (unpaired) electrons. The van der Waals surface area contributed by atoms with Crippen molar-refractivity contribution in [3.05, 3.63) is 50.9 Å². The molecule has 2 aromatic rings. The Hall–Kier alpha value is -1.89. The van der Waals surface area contributed by atoms with Crippen LogP contribution in [0.1, 0.15) is 58.3 Å². The molecule has 2 heterocycles. The van der Waals surface area contributed by atoms with E-state index in [4.69, 9.17) is 11.6 Å².